The van der Waals surface area contributed by atoms with Crippen molar-refractivity contribution in [2.24, 2.45) is 0 Å². The Morgan fingerprint density at radius 1 is 1.27 bits per heavy atom. The number of piperidine rings is 1. The SMILES string of the molecule is COCC(=O)N1CC[C@@H](c2ccc3ccccc3c2)[C@H](O)C1. The number of carbonyl (C=O) groups is 1. The van der Waals surface area contributed by atoms with Gasteiger partial charge in [0, 0.05) is 26.1 Å². The molecule has 1 saturated heterocycles. The highest BCUT2D eigenvalue weighted by Crippen LogP contribution is 2.30. The number of hydrogen-bond acceptors (Lipinski definition) is 3. The van der Waals surface area contributed by atoms with Gasteiger partial charge in [-0.05, 0) is 22.8 Å². The number of hydrogen-bond donors (Lipinski definition) is 1. The molecular weight excluding hydrogens is 278 g/mol. The molecule has 0 aliphatic carbocycles. The molecule has 2 aromatic rings. The zero-order valence-corrected chi connectivity index (χ0v) is 12.7. The minimum absolute atomic E-state index is 0.0569. The van der Waals surface area contributed by atoms with Crippen LogP contribution in [0.15, 0.2) is 42.5 Å². The molecule has 1 heterocycles. The molecule has 4 heteroatoms. The summed E-state index contributed by atoms with van der Waals surface area (Å²) >= 11 is 0. The number of rotatable bonds is 3. The molecule has 0 spiro atoms. The summed E-state index contributed by atoms with van der Waals surface area (Å²) in [7, 11) is 1.51. The molecule has 3 rings (SSSR count). The lowest BCUT2D eigenvalue weighted by Gasteiger charge is -2.36. The van der Waals surface area contributed by atoms with E-state index < -0.39 is 6.10 Å². The van der Waals surface area contributed by atoms with Gasteiger partial charge in [0.05, 0.1) is 6.10 Å². The van der Waals surface area contributed by atoms with E-state index in [9.17, 15) is 9.90 Å². The van der Waals surface area contributed by atoms with E-state index in [2.05, 4.69) is 30.3 Å². The van der Waals surface area contributed by atoms with E-state index in [1.165, 1.54) is 17.9 Å². The smallest absolute Gasteiger partial charge is 0.248 e. The highest BCUT2D eigenvalue weighted by molar-refractivity contribution is 5.83. The Morgan fingerprint density at radius 2 is 2.05 bits per heavy atom. The fourth-order valence-electron chi connectivity index (χ4n) is 3.20. The van der Waals surface area contributed by atoms with E-state index in [-0.39, 0.29) is 18.4 Å². The van der Waals surface area contributed by atoms with Gasteiger partial charge in [0.15, 0.2) is 0 Å². The van der Waals surface area contributed by atoms with Crippen molar-refractivity contribution in [1.82, 2.24) is 4.90 Å². The number of likely N-dealkylation sites (tertiary alicyclic amines) is 1. The minimum atomic E-state index is -0.532. The second kappa shape index (κ2) is 6.46. The Bertz CT molecular complexity index is 670. The fraction of sp³-hybridized carbons (Fsp3) is 0.389. The van der Waals surface area contributed by atoms with E-state index in [1.54, 1.807) is 4.90 Å². The lowest BCUT2D eigenvalue weighted by atomic mass is 9.86. The largest absolute Gasteiger partial charge is 0.391 e. The third-order valence-corrected chi connectivity index (χ3v) is 4.40. The summed E-state index contributed by atoms with van der Waals surface area (Å²) in [6.45, 7) is 1.11. The first-order chi connectivity index (χ1) is 10.7. The quantitative estimate of drug-likeness (QED) is 0.945. The standard InChI is InChI=1S/C18H21NO3/c1-22-12-18(21)19-9-8-16(17(20)11-19)15-7-6-13-4-2-3-5-14(13)10-15/h2-7,10,16-17,20H,8-9,11-12H2,1H3/t16-,17+/m0/s1. The van der Waals surface area contributed by atoms with Crippen LogP contribution in [-0.2, 0) is 9.53 Å². The summed E-state index contributed by atoms with van der Waals surface area (Å²) < 4.78 is 4.88. The first kappa shape index (κ1) is 15.0. The van der Waals surface area contributed by atoms with Gasteiger partial charge in [-0.1, -0.05) is 42.5 Å². The molecule has 1 aliphatic rings. The van der Waals surface area contributed by atoms with Gasteiger partial charge >= 0.3 is 0 Å². The van der Waals surface area contributed by atoms with Gasteiger partial charge < -0.3 is 14.7 Å². The molecule has 1 amide bonds. The first-order valence-electron chi connectivity index (χ1n) is 7.62. The number of aliphatic hydroxyl groups excluding tert-OH is 1. The van der Waals surface area contributed by atoms with Crippen LogP contribution >= 0.6 is 0 Å². The van der Waals surface area contributed by atoms with Crippen molar-refractivity contribution in [3.8, 4) is 0 Å². The van der Waals surface area contributed by atoms with Crippen LogP contribution in [0.2, 0.25) is 0 Å². The Labute approximate surface area is 130 Å². The normalized spacial score (nSPS) is 22.0. The summed E-state index contributed by atoms with van der Waals surface area (Å²) in [6, 6.07) is 14.5. The van der Waals surface area contributed by atoms with E-state index in [0.717, 1.165) is 12.0 Å². The van der Waals surface area contributed by atoms with Crippen LogP contribution in [0.5, 0.6) is 0 Å². The van der Waals surface area contributed by atoms with Crippen molar-refractivity contribution in [2.75, 3.05) is 26.8 Å². The fourth-order valence-corrected chi connectivity index (χ4v) is 3.20. The van der Waals surface area contributed by atoms with Crippen molar-refractivity contribution < 1.29 is 14.6 Å². The van der Waals surface area contributed by atoms with Crippen LogP contribution in [0.25, 0.3) is 10.8 Å². The summed E-state index contributed by atoms with van der Waals surface area (Å²) in [6.07, 6.45) is 0.241. The molecule has 0 bridgehead atoms. The Kier molecular flexibility index (Phi) is 4.41. The zero-order valence-electron chi connectivity index (χ0n) is 12.7. The molecule has 0 unspecified atom stereocenters. The molecule has 1 aliphatic heterocycles. The van der Waals surface area contributed by atoms with Gasteiger partial charge in [0.1, 0.15) is 6.61 Å². The zero-order chi connectivity index (χ0) is 15.5. The second-order valence-electron chi connectivity index (χ2n) is 5.84. The monoisotopic (exact) mass is 299 g/mol. The number of ether oxygens (including phenoxy) is 1. The van der Waals surface area contributed by atoms with Gasteiger partial charge in [-0.2, -0.15) is 0 Å². The predicted octanol–water partition coefficient (Wildman–Crippen LogP) is 2.16. The predicted molar refractivity (Wildman–Crippen MR) is 85.8 cm³/mol. The highest BCUT2D eigenvalue weighted by atomic mass is 16.5. The number of methoxy groups -OCH3 is 1. The van der Waals surface area contributed by atoms with Gasteiger partial charge in [-0.15, -0.1) is 0 Å². The van der Waals surface area contributed by atoms with Gasteiger partial charge in [0.2, 0.25) is 5.91 Å². The lowest BCUT2D eigenvalue weighted by Crippen LogP contribution is -2.46. The maximum atomic E-state index is 11.9. The average molecular weight is 299 g/mol. The van der Waals surface area contributed by atoms with Crippen molar-refractivity contribution in [1.29, 1.82) is 0 Å². The molecular formula is C18H21NO3. The molecule has 116 valence electrons. The number of amides is 1. The minimum Gasteiger partial charge on any atom is -0.391 e. The summed E-state index contributed by atoms with van der Waals surface area (Å²) in [5.41, 5.74) is 1.14. The van der Waals surface area contributed by atoms with E-state index in [0.29, 0.717) is 13.1 Å². The second-order valence-corrected chi connectivity index (χ2v) is 5.84. The Morgan fingerprint density at radius 3 is 2.77 bits per heavy atom. The average Bonchev–Trinajstić information content (AvgIpc) is 2.54. The molecule has 2 atom stereocenters. The van der Waals surface area contributed by atoms with Crippen LogP contribution in [-0.4, -0.2) is 48.8 Å². The topological polar surface area (TPSA) is 49.8 Å². The molecule has 1 fully saturated rings. The van der Waals surface area contributed by atoms with Crippen LogP contribution in [0.4, 0.5) is 0 Å². The number of β-amino-alcohol motifs (C(OH)–C–C–N with tert-alkyl or cyclic N) is 1. The van der Waals surface area contributed by atoms with Crippen molar-refractivity contribution in [3.63, 3.8) is 0 Å². The van der Waals surface area contributed by atoms with Gasteiger partial charge in [0.25, 0.3) is 0 Å². The van der Waals surface area contributed by atoms with Gasteiger partial charge in [-0.25, -0.2) is 0 Å². The third-order valence-electron chi connectivity index (χ3n) is 4.40. The van der Waals surface area contributed by atoms with E-state index in [1.807, 2.05) is 12.1 Å². The molecule has 0 radical (unpaired) electrons. The number of nitrogens with zero attached hydrogens (tertiary/aromatic N) is 1. The third kappa shape index (κ3) is 2.98. The molecule has 0 saturated carbocycles. The van der Waals surface area contributed by atoms with Crippen molar-refractivity contribution >= 4 is 16.7 Å². The van der Waals surface area contributed by atoms with Crippen LogP contribution < -0.4 is 0 Å². The lowest BCUT2D eigenvalue weighted by molar-refractivity contribution is -0.138. The number of aliphatic hydroxyl groups is 1. The summed E-state index contributed by atoms with van der Waals surface area (Å²) in [5.74, 6) is 0.0229. The molecule has 22 heavy (non-hydrogen) atoms. The molecule has 4 nitrogen and oxygen atoms in total. The maximum absolute atomic E-state index is 11.9. The summed E-state index contributed by atoms with van der Waals surface area (Å²) in [5, 5.41) is 12.8. The van der Waals surface area contributed by atoms with Crippen LogP contribution in [0.1, 0.15) is 17.9 Å². The molecule has 1 N–H and O–H groups in total. The summed E-state index contributed by atoms with van der Waals surface area (Å²) in [4.78, 5) is 13.5. The highest BCUT2D eigenvalue weighted by Gasteiger charge is 2.31. The van der Waals surface area contributed by atoms with Gasteiger partial charge in [-0.3, -0.25) is 4.79 Å². The van der Waals surface area contributed by atoms with Crippen molar-refractivity contribution in [3.05, 3.63) is 48.0 Å². The number of carbonyl (C=O) groups excluding carboxylic acids is 1. The van der Waals surface area contributed by atoms with Crippen LogP contribution in [0, 0.1) is 0 Å². The van der Waals surface area contributed by atoms with E-state index >= 15 is 0 Å². The maximum Gasteiger partial charge on any atom is 0.248 e. The molecule has 2 aromatic carbocycles. The Hall–Kier alpha value is -1.91. The number of fused-ring (bicyclic) bond motifs is 1. The van der Waals surface area contributed by atoms with Crippen molar-refractivity contribution in [2.45, 2.75) is 18.4 Å². The van der Waals surface area contributed by atoms with Crippen LogP contribution in [0.3, 0.4) is 0 Å². The first-order valence-corrected chi connectivity index (χ1v) is 7.62. The number of benzene rings is 2. The van der Waals surface area contributed by atoms with E-state index in [4.69, 9.17) is 4.74 Å². The molecule has 0 aromatic heterocycles. The Balaban J connectivity index is 1.76.